The molecule has 1 heterocycles. The summed E-state index contributed by atoms with van der Waals surface area (Å²) < 4.78 is 14.7. The van der Waals surface area contributed by atoms with Gasteiger partial charge >= 0.3 is 0 Å². The van der Waals surface area contributed by atoms with Crippen LogP contribution in [-0.4, -0.2) is 18.4 Å². The Hall–Kier alpha value is -2.44. The Morgan fingerprint density at radius 2 is 1.93 bits per heavy atom. The second-order valence-corrected chi connectivity index (χ2v) is 6.79. The maximum Gasteiger partial charge on any atom is 0.255 e. The number of rotatable bonds is 4. The molecule has 1 fully saturated rings. The van der Waals surface area contributed by atoms with Crippen LogP contribution in [-0.2, 0) is 17.8 Å². The number of fused-ring (bicyclic) bond motifs is 1. The van der Waals surface area contributed by atoms with Crippen LogP contribution in [0.3, 0.4) is 0 Å². The van der Waals surface area contributed by atoms with Gasteiger partial charge in [-0.1, -0.05) is 12.1 Å². The lowest BCUT2D eigenvalue weighted by atomic mass is 9.99. The van der Waals surface area contributed by atoms with Crippen molar-refractivity contribution in [3.05, 3.63) is 58.9 Å². The highest BCUT2D eigenvalue weighted by Crippen LogP contribution is 2.30. The molecule has 0 radical (unpaired) electrons. The molecule has 0 aromatic heterocycles. The van der Waals surface area contributed by atoms with Crippen molar-refractivity contribution < 1.29 is 14.0 Å². The number of carbonyl (C=O) groups excluding carboxylic acids is 2. The monoisotopic (exact) mass is 389 g/mol. The van der Waals surface area contributed by atoms with Gasteiger partial charge in [0.15, 0.2) is 0 Å². The van der Waals surface area contributed by atoms with E-state index in [1.54, 1.807) is 30.3 Å². The number of hydrogen-bond acceptors (Lipinski definition) is 3. The predicted molar refractivity (Wildman–Crippen MR) is 105 cm³/mol. The molecular weight excluding hydrogens is 369 g/mol. The first-order valence-electron chi connectivity index (χ1n) is 8.85. The van der Waals surface area contributed by atoms with Gasteiger partial charge < -0.3 is 16.0 Å². The number of benzene rings is 2. The minimum Gasteiger partial charge on any atom is -0.326 e. The van der Waals surface area contributed by atoms with E-state index in [9.17, 15) is 14.0 Å². The third kappa shape index (κ3) is 4.28. The summed E-state index contributed by atoms with van der Waals surface area (Å²) in [5, 5.41) is 8.66. The van der Waals surface area contributed by atoms with Gasteiger partial charge in [-0.05, 0) is 61.2 Å². The van der Waals surface area contributed by atoms with Gasteiger partial charge in [0.2, 0.25) is 5.91 Å². The fraction of sp³-hybridized carbons (Fsp3) is 0.300. The van der Waals surface area contributed by atoms with E-state index < -0.39 is 5.91 Å². The molecule has 5 nitrogen and oxygen atoms in total. The van der Waals surface area contributed by atoms with E-state index in [-0.39, 0.29) is 35.7 Å². The Morgan fingerprint density at radius 1 is 1.11 bits per heavy atom. The molecule has 2 aromatic rings. The highest BCUT2D eigenvalue weighted by Gasteiger charge is 2.29. The summed E-state index contributed by atoms with van der Waals surface area (Å²) in [6, 6.07) is 10.1. The van der Waals surface area contributed by atoms with Crippen LogP contribution in [0.4, 0.5) is 15.8 Å². The Balaban J connectivity index is 0.00000210. The number of hydrogen-bond donors (Lipinski definition) is 3. The van der Waals surface area contributed by atoms with Crippen LogP contribution in [0.25, 0.3) is 0 Å². The van der Waals surface area contributed by atoms with Gasteiger partial charge in [-0.25, -0.2) is 4.39 Å². The SMILES string of the molecule is Cl.O=C(Nc1ccc2c(c1F)CCNC2)c1cccc(NC(=O)C2CC2)c1. The molecular formula is C20H21ClFN3O2. The van der Waals surface area contributed by atoms with Crippen molar-refractivity contribution in [2.45, 2.75) is 25.8 Å². The topological polar surface area (TPSA) is 70.2 Å². The van der Waals surface area contributed by atoms with E-state index >= 15 is 0 Å². The quantitative estimate of drug-likeness (QED) is 0.749. The Kier molecular flexibility index (Phi) is 5.77. The van der Waals surface area contributed by atoms with Crippen LogP contribution in [0.2, 0.25) is 0 Å². The van der Waals surface area contributed by atoms with E-state index in [0.29, 0.717) is 29.8 Å². The maximum absolute atomic E-state index is 14.7. The van der Waals surface area contributed by atoms with Crippen LogP contribution in [0, 0.1) is 11.7 Å². The van der Waals surface area contributed by atoms with E-state index in [4.69, 9.17) is 0 Å². The average Bonchev–Trinajstić information content (AvgIpc) is 3.50. The molecule has 1 saturated carbocycles. The summed E-state index contributed by atoms with van der Waals surface area (Å²) in [4.78, 5) is 24.4. The van der Waals surface area contributed by atoms with Crippen LogP contribution in [0.5, 0.6) is 0 Å². The van der Waals surface area contributed by atoms with Gasteiger partial charge in [0.1, 0.15) is 5.82 Å². The van der Waals surface area contributed by atoms with E-state index in [1.165, 1.54) is 0 Å². The number of anilines is 2. The Bertz CT molecular complexity index is 884. The van der Waals surface area contributed by atoms with E-state index in [1.807, 2.05) is 6.07 Å². The molecule has 0 unspecified atom stereocenters. The summed E-state index contributed by atoms with van der Waals surface area (Å²) >= 11 is 0. The van der Waals surface area contributed by atoms with Gasteiger partial charge in [0, 0.05) is 23.7 Å². The molecule has 2 aliphatic rings. The van der Waals surface area contributed by atoms with E-state index in [2.05, 4.69) is 16.0 Å². The zero-order chi connectivity index (χ0) is 18.1. The molecule has 1 aliphatic carbocycles. The highest BCUT2D eigenvalue weighted by molar-refractivity contribution is 6.05. The molecule has 4 rings (SSSR count). The molecule has 1 aliphatic heterocycles. The van der Waals surface area contributed by atoms with Crippen LogP contribution in [0.1, 0.15) is 34.3 Å². The molecule has 2 amide bonds. The van der Waals surface area contributed by atoms with Crippen LogP contribution < -0.4 is 16.0 Å². The van der Waals surface area contributed by atoms with Crippen molar-refractivity contribution in [2.75, 3.05) is 17.2 Å². The van der Waals surface area contributed by atoms with Crippen molar-refractivity contribution in [1.29, 1.82) is 0 Å². The summed E-state index contributed by atoms with van der Waals surface area (Å²) in [7, 11) is 0. The van der Waals surface area contributed by atoms with Crippen molar-refractivity contribution in [3.8, 4) is 0 Å². The summed E-state index contributed by atoms with van der Waals surface area (Å²) in [5.74, 6) is -0.695. The first kappa shape index (κ1) is 19.3. The van der Waals surface area contributed by atoms with Crippen LogP contribution in [0.15, 0.2) is 36.4 Å². The number of halogens is 2. The van der Waals surface area contributed by atoms with E-state index in [0.717, 1.165) is 24.9 Å². The predicted octanol–water partition coefficient (Wildman–Crippen LogP) is 3.49. The normalized spacial score (nSPS) is 15.3. The van der Waals surface area contributed by atoms with Crippen LogP contribution >= 0.6 is 12.4 Å². The minimum absolute atomic E-state index is 0. The summed E-state index contributed by atoms with van der Waals surface area (Å²) in [5.41, 5.74) is 2.72. The fourth-order valence-electron chi connectivity index (χ4n) is 3.15. The molecule has 2 aromatic carbocycles. The van der Waals surface area contributed by atoms with Gasteiger partial charge in [0.05, 0.1) is 5.69 Å². The Labute approximate surface area is 163 Å². The lowest BCUT2D eigenvalue weighted by Gasteiger charge is -2.19. The number of amides is 2. The minimum atomic E-state index is -0.402. The summed E-state index contributed by atoms with van der Waals surface area (Å²) in [6.07, 6.45) is 2.44. The van der Waals surface area contributed by atoms with Crippen molar-refractivity contribution in [1.82, 2.24) is 5.32 Å². The lowest BCUT2D eigenvalue weighted by Crippen LogP contribution is -2.25. The molecule has 142 valence electrons. The zero-order valence-electron chi connectivity index (χ0n) is 14.7. The second-order valence-electron chi connectivity index (χ2n) is 6.79. The second kappa shape index (κ2) is 8.06. The lowest BCUT2D eigenvalue weighted by molar-refractivity contribution is -0.117. The van der Waals surface area contributed by atoms with Gasteiger partial charge in [-0.3, -0.25) is 9.59 Å². The third-order valence-corrected chi connectivity index (χ3v) is 4.80. The van der Waals surface area contributed by atoms with Gasteiger partial charge in [-0.15, -0.1) is 12.4 Å². The smallest absolute Gasteiger partial charge is 0.255 e. The van der Waals surface area contributed by atoms with Gasteiger partial charge in [-0.2, -0.15) is 0 Å². The molecule has 7 heteroatoms. The Morgan fingerprint density at radius 3 is 2.70 bits per heavy atom. The van der Waals surface area contributed by atoms with Crippen molar-refractivity contribution in [3.63, 3.8) is 0 Å². The standard InChI is InChI=1S/C20H20FN3O2.ClH/c21-18-16-8-9-22-11-14(16)6-7-17(18)24-20(26)13-2-1-3-15(10-13)23-19(25)12-4-5-12;/h1-3,6-7,10,12,22H,4-5,8-9,11H2,(H,23,25)(H,24,26);1H. The molecule has 0 atom stereocenters. The van der Waals surface area contributed by atoms with Gasteiger partial charge in [0.25, 0.3) is 5.91 Å². The average molecular weight is 390 g/mol. The van der Waals surface area contributed by atoms with Crippen molar-refractivity contribution in [2.24, 2.45) is 5.92 Å². The first-order valence-corrected chi connectivity index (χ1v) is 8.85. The molecule has 27 heavy (non-hydrogen) atoms. The fourth-order valence-corrected chi connectivity index (χ4v) is 3.15. The molecule has 0 bridgehead atoms. The number of nitrogens with one attached hydrogen (secondary N) is 3. The van der Waals surface area contributed by atoms with Crippen molar-refractivity contribution >= 4 is 35.6 Å². The summed E-state index contributed by atoms with van der Waals surface area (Å²) in [6.45, 7) is 1.37. The first-order chi connectivity index (χ1) is 12.6. The molecule has 0 spiro atoms. The number of carbonyl (C=O) groups is 2. The highest BCUT2D eigenvalue weighted by atomic mass is 35.5. The zero-order valence-corrected chi connectivity index (χ0v) is 15.5. The third-order valence-electron chi connectivity index (χ3n) is 4.80. The molecule has 0 saturated heterocycles. The maximum atomic E-state index is 14.7. The molecule has 3 N–H and O–H groups in total. The largest absolute Gasteiger partial charge is 0.326 e.